The molecule has 4 nitrogen and oxygen atoms in total. The van der Waals surface area contributed by atoms with Crippen LogP contribution in [0, 0.1) is 20.8 Å². The van der Waals surface area contributed by atoms with Crippen LogP contribution >= 0.6 is 0 Å². The fourth-order valence-corrected chi connectivity index (χ4v) is 1.93. The van der Waals surface area contributed by atoms with Gasteiger partial charge in [0.15, 0.2) is 0 Å². The molecular formula is C15H16O4. The molecule has 1 aromatic carbocycles. The maximum atomic E-state index is 10.9. The Bertz CT molecular complexity index is 611. The van der Waals surface area contributed by atoms with Gasteiger partial charge in [0.05, 0.1) is 6.26 Å². The number of carboxylic acid groups (broad SMARTS) is 1. The molecular weight excluding hydrogens is 244 g/mol. The highest BCUT2D eigenvalue weighted by Crippen LogP contribution is 2.27. The molecule has 0 fully saturated rings. The SMILES string of the molecule is Cc1ccc(C)c(OCc2ccoc2C(=O)O)c1C. The molecule has 0 atom stereocenters. The van der Waals surface area contributed by atoms with Crippen molar-refractivity contribution in [3.05, 3.63) is 52.5 Å². The molecule has 4 heteroatoms. The van der Waals surface area contributed by atoms with Gasteiger partial charge in [0, 0.05) is 5.56 Å². The standard InChI is InChI=1S/C15H16O4/c1-9-4-5-10(2)13(11(9)3)19-8-12-6-7-18-14(12)15(16)17/h4-7H,8H2,1-3H3,(H,16,17). The summed E-state index contributed by atoms with van der Waals surface area (Å²) in [6, 6.07) is 5.65. The Morgan fingerprint density at radius 2 is 1.89 bits per heavy atom. The summed E-state index contributed by atoms with van der Waals surface area (Å²) in [5.41, 5.74) is 3.78. The summed E-state index contributed by atoms with van der Waals surface area (Å²) in [5.74, 6) is -0.346. The molecule has 0 saturated heterocycles. The second kappa shape index (κ2) is 5.18. The van der Waals surface area contributed by atoms with Crippen LogP contribution < -0.4 is 4.74 Å². The lowest BCUT2D eigenvalue weighted by atomic mass is 10.1. The minimum Gasteiger partial charge on any atom is -0.488 e. The lowest BCUT2D eigenvalue weighted by molar-refractivity contribution is 0.0658. The summed E-state index contributed by atoms with van der Waals surface area (Å²) in [4.78, 5) is 10.9. The van der Waals surface area contributed by atoms with Crippen LogP contribution in [0.5, 0.6) is 5.75 Å². The van der Waals surface area contributed by atoms with Gasteiger partial charge < -0.3 is 14.3 Å². The summed E-state index contributed by atoms with van der Waals surface area (Å²) >= 11 is 0. The van der Waals surface area contributed by atoms with Gasteiger partial charge in [0.25, 0.3) is 0 Å². The molecule has 0 amide bonds. The van der Waals surface area contributed by atoms with E-state index >= 15 is 0 Å². The zero-order valence-electron chi connectivity index (χ0n) is 11.2. The second-order valence-corrected chi connectivity index (χ2v) is 4.52. The number of rotatable bonds is 4. The van der Waals surface area contributed by atoms with Gasteiger partial charge in [-0.1, -0.05) is 12.1 Å². The highest BCUT2D eigenvalue weighted by Gasteiger charge is 2.15. The first-order valence-corrected chi connectivity index (χ1v) is 6.00. The van der Waals surface area contributed by atoms with Crippen LogP contribution in [0.4, 0.5) is 0 Å². The number of benzene rings is 1. The Hall–Kier alpha value is -2.23. The van der Waals surface area contributed by atoms with Gasteiger partial charge >= 0.3 is 5.97 Å². The highest BCUT2D eigenvalue weighted by atomic mass is 16.5. The molecule has 0 aliphatic heterocycles. The molecule has 19 heavy (non-hydrogen) atoms. The van der Waals surface area contributed by atoms with Crippen LogP contribution in [0.2, 0.25) is 0 Å². The molecule has 2 rings (SSSR count). The van der Waals surface area contributed by atoms with Crippen molar-refractivity contribution in [2.75, 3.05) is 0 Å². The van der Waals surface area contributed by atoms with Gasteiger partial charge in [-0.15, -0.1) is 0 Å². The smallest absolute Gasteiger partial charge is 0.372 e. The number of carboxylic acids is 1. The lowest BCUT2D eigenvalue weighted by Gasteiger charge is -2.13. The summed E-state index contributed by atoms with van der Waals surface area (Å²) in [6.45, 7) is 6.16. The predicted octanol–water partition coefficient (Wildman–Crippen LogP) is 3.48. The molecule has 0 aliphatic carbocycles. The number of ether oxygens (including phenoxy) is 1. The molecule has 1 N–H and O–H groups in total. The van der Waals surface area contributed by atoms with E-state index < -0.39 is 5.97 Å². The summed E-state index contributed by atoms with van der Waals surface area (Å²) in [7, 11) is 0. The van der Waals surface area contributed by atoms with E-state index in [1.807, 2.05) is 32.9 Å². The molecule has 0 aliphatic rings. The van der Waals surface area contributed by atoms with Crippen LogP contribution in [-0.4, -0.2) is 11.1 Å². The largest absolute Gasteiger partial charge is 0.488 e. The molecule has 1 heterocycles. The van der Waals surface area contributed by atoms with E-state index in [4.69, 9.17) is 14.3 Å². The molecule has 0 bridgehead atoms. The number of aryl methyl sites for hydroxylation is 2. The Balaban J connectivity index is 2.22. The highest BCUT2D eigenvalue weighted by molar-refractivity contribution is 5.86. The first-order valence-electron chi connectivity index (χ1n) is 6.00. The first kappa shape index (κ1) is 13.2. The van der Waals surface area contributed by atoms with Crippen molar-refractivity contribution in [3.63, 3.8) is 0 Å². The van der Waals surface area contributed by atoms with Crippen LogP contribution in [-0.2, 0) is 6.61 Å². The fourth-order valence-electron chi connectivity index (χ4n) is 1.93. The quantitative estimate of drug-likeness (QED) is 0.914. The average Bonchev–Trinajstić information content (AvgIpc) is 2.82. The minimum absolute atomic E-state index is 0.0667. The third-order valence-corrected chi connectivity index (χ3v) is 3.19. The van der Waals surface area contributed by atoms with Crippen LogP contribution in [0.3, 0.4) is 0 Å². The number of hydrogen-bond donors (Lipinski definition) is 1. The Morgan fingerprint density at radius 1 is 1.21 bits per heavy atom. The van der Waals surface area contributed by atoms with Gasteiger partial charge in [-0.25, -0.2) is 4.79 Å². The normalized spacial score (nSPS) is 10.5. The van der Waals surface area contributed by atoms with E-state index in [-0.39, 0.29) is 12.4 Å². The van der Waals surface area contributed by atoms with Gasteiger partial charge in [-0.2, -0.15) is 0 Å². The van der Waals surface area contributed by atoms with Crippen molar-refractivity contribution in [2.45, 2.75) is 27.4 Å². The van der Waals surface area contributed by atoms with Crippen molar-refractivity contribution in [3.8, 4) is 5.75 Å². The average molecular weight is 260 g/mol. The molecule has 0 radical (unpaired) electrons. The molecule has 0 spiro atoms. The number of aromatic carboxylic acids is 1. The Labute approximate surface area is 111 Å². The molecule has 2 aromatic rings. The summed E-state index contributed by atoms with van der Waals surface area (Å²) < 4.78 is 10.7. The topological polar surface area (TPSA) is 59.7 Å². The van der Waals surface area contributed by atoms with Gasteiger partial charge in [-0.05, 0) is 43.5 Å². The monoisotopic (exact) mass is 260 g/mol. The molecule has 0 saturated carbocycles. The predicted molar refractivity (Wildman–Crippen MR) is 70.7 cm³/mol. The summed E-state index contributed by atoms with van der Waals surface area (Å²) in [6.07, 6.45) is 1.36. The van der Waals surface area contributed by atoms with Crippen molar-refractivity contribution in [2.24, 2.45) is 0 Å². The van der Waals surface area contributed by atoms with E-state index in [0.29, 0.717) is 5.56 Å². The van der Waals surface area contributed by atoms with E-state index in [2.05, 4.69) is 0 Å². The minimum atomic E-state index is -1.08. The molecule has 1 aromatic heterocycles. The zero-order chi connectivity index (χ0) is 14.0. The third kappa shape index (κ3) is 2.62. The van der Waals surface area contributed by atoms with Gasteiger partial charge in [0.2, 0.25) is 5.76 Å². The number of carbonyl (C=O) groups is 1. The molecule has 100 valence electrons. The Morgan fingerprint density at radius 3 is 2.58 bits per heavy atom. The maximum absolute atomic E-state index is 10.9. The summed E-state index contributed by atoms with van der Waals surface area (Å²) in [5, 5.41) is 8.96. The first-order chi connectivity index (χ1) is 9.00. The van der Waals surface area contributed by atoms with Crippen molar-refractivity contribution < 1.29 is 19.1 Å². The number of hydrogen-bond acceptors (Lipinski definition) is 3. The zero-order valence-corrected chi connectivity index (χ0v) is 11.2. The van der Waals surface area contributed by atoms with Crippen molar-refractivity contribution in [1.29, 1.82) is 0 Å². The van der Waals surface area contributed by atoms with Crippen LogP contribution in [0.1, 0.15) is 32.8 Å². The van der Waals surface area contributed by atoms with Gasteiger partial charge in [0.1, 0.15) is 12.4 Å². The lowest BCUT2D eigenvalue weighted by Crippen LogP contribution is -2.04. The van der Waals surface area contributed by atoms with E-state index in [0.717, 1.165) is 22.4 Å². The van der Waals surface area contributed by atoms with E-state index in [9.17, 15) is 4.79 Å². The van der Waals surface area contributed by atoms with Gasteiger partial charge in [-0.3, -0.25) is 0 Å². The molecule has 0 unspecified atom stereocenters. The van der Waals surface area contributed by atoms with E-state index in [1.54, 1.807) is 6.07 Å². The van der Waals surface area contributed by atoms with Crippen molar-refractivity contribution >= 4 is 5.97 Å². The number of furan rings is 1. The van der Waals surface area contributed by atoms with Crippen LogP contribution in [0.15, 0.2) is 28.9 Å². The maximum Gasteiger partial charge on any atom is 0.372 e. The van der Waals surface area contributed by atoms with Crippen LogP contribution in [0.25, 0.3) is 0 Å². The van der Waals surface area contributed by atoms with Crippen molar-refractivity contribution in [1.82, 2.24) is 0 Å². The van der Waals surface area contributed by atoms with E-state index in [1.165, 1.54) is 6.26 Å². The third-order valence-electron chi connectivity index (χ3n) is 3.19. The second-order valence-electron chi connectivity index (χ2n) is 4.52. The Kier molecular flexibility index (Phi) is 3.60. The fraction of sp³-hybridized carbons (Fsp3) is 0.267.